The topological polar surface area (TPSA) is 77.8 Å². The molecule has 0 heterocycles. The first kappa shape index (κ1) is 11.4. The molecule has 2 aliphatic carbocycles. The summed E-state index contributed by atoms with van der Waals surface area (Å²) in [7, 11) is 0. The van der Waals surface area contributed by atoms with E-state index in [9.17, 15) is 15.0 Å². The second-order valence-corrected chi connectivity index (χ2v) is 3.91. The monoisotopic (exact) mass is 232 g/mol. The van der Waals surface area contributed by atoms with Gasteiger partial charge in [0.1, 0.15) is 5.76 Å². The van der Waals surface area contributed by atoms with E-state index in [1.165, 1.54) is 18.2 Å². The molecular weight excluding hydrogens is 220 g/mol. The molecule has 0 aromatic heterocycles. The van der Waals surface area contributed by atoms with Crippen LogP contribution in [0.5, 0.6) is 0 Å². The summed E-state index contributed by atoms with van der Waals surface area (Å²) in [6.07, 6.45) is 12.2. The molecule has 4 heteroatoms. The lowest BCUT2D eigenvalue weighted by Gasteiger charge is -2.27. The van der Waals surface area contributed by atoms with Crippen molar-refractivity contribution >= 4 is 5.97 Å². The number of allylic oxidation sites excluding steroid dienone is 6. The Bertz CT molecular complexity index is 482. The fourth-order valence-corrected chi connectivity index (χ4v) is 1.97. The van der Waals surface area contributed by atoms with Crippen LogP contribution in [0.25, 0.3) is 0 Å². The Hall–Kier alpha value is -2.07. The molecule has 2 aliphatic rings. The van der Waals surface area contributed by atoms with Crippen LogP contribution < -0.4 is 0 Å². The number of aliphatic carboxylic acids is 1. The molecule has 0 spiro atoms. The number of rotatable bonds is 3. The van der Waals surface area contributed by atoms with Gasteiger partial charge in [0.25, 0.3) is 0 Å². The molecule has 0 saturated heterocycles. The van der Waals surface area contributed by atoms with Gasteiger partial charge in [-0.3, -0.25) is 0 Å². The van der Waals surface area contributed by atoms with E-state index >= 15 is 0 Å². The molecule has 0 bridgehead atoms. The van der Waals surface area contributed by atoms with Crippen LogP contribution in [0.1, 0.15) is 0 Å². The van der Waals surface area contributed by atoms with Gasteiger partial charge in [0.05, 0.1) is 0 Å². The molecule has 0 aromatic carbocycles. The van der Waals surface area contributed by atoms with Crippen molar-refractivity contribution in [3.8, 4) is 0 Å². The molecule has 88 valence electrons. The predicted octanol–water partition coefficient (Wildman–Crippen LogP) is 1.48. The van der Waals surface area contributed by atoms with Crippen LogP contribution in [0.2, 0.25) is 0 Å². The predicted molar refractivity (Wildman–Crippen MR) is 62.3 cm³/mol. The van der Waals surface area contributed by atoms with Crippen LogP contribution in [0.4, 0.5) is 0 Å². The molecule has 0 fully saturated rings. The molecule has 4 nitrogen and oxygen atoms in total. The van der Waals surface area contributed by atoms with Gasteiger partial charge in [-0.15, -0.1) is 0 Å². The molecule has 0 amide bonds. The smallest absolute Gasteiger partial charge is 0.328 e. The number of carboxylic acids is 1. The lowest BCUT2D eigenvalue weighted by molar-refractivity contribution is -0.131. The maximum atomic E-state index is 10.8. The van der Waals surface area contributed by atoms with Crippen molar-refractivity contribution in [2.24, 2.45) is 5.92 Å². The van der Waals surface area contributed by atoms with E-state index in [4.69, 9.17) is 5.11 Å². The number of carboxylic acid groups (broad SMARTS) is 1. The fraction of sp³-hybridized carbons (Fsp3) is 0.154. The summed E-state index contributed by atoms with van der Waals surface area (Å²) in [5, 5.41) is 28.8. The van der Waals surface area contributed by atoms with Crippen LogP contribution >= 0.6 is 0 Å². The van der Waals surface area contributed by atoms with E-state index < -0.39 is 11.6 Å². The van der Waals surface area contributed by atoms with Crippen LogP contribution in [0, 0.1) is 5.92 Å². The number of aliphatic hydroxyl groups is 2. The number of carbonyl (C=O) groups is 1. The molecular formula is C13H12O4. The average Bonchev–Trinajstić information content (AvgIpc) is 2.87. The molecule has 0 saturated carbocycles. The largest absolute Gasteiger partial charge is 0.509 e. The molecule has 3 N–H and O–H groups in total. The third kappa shape index (κ3) is 1.94. The third-order valence-corrected chi connectivity index (χ3v) is 2.81. The normalized spacial score (nSPS) is 27.8. The van der Waals surface area contributed by atoms with Gasteiger partial charge in [-0.25, -0.2) is 4.79 Å². The molecule has 0 aromatic rings. The number of hydrogen-bond donors (Lipinski definition) is 3. The van der Waals surface area contributed by atoms with Crippen molar-refractivity contribution in [1.82, 2.24) is 0 Å². The summed E-state index contributed by atoms with van der Waals surface area (Å²) in [5.74, 6) is -1.75. The van der Waals surface area contributed by atoms with Gasteiger partial charge in [0.15, 0.2) is 5.60 Å². The Morgan fingerprint density at radius 2 is 1.94 bits per heavy atom. The first-order valence-corrected chi connectivity index (χ1v) is 5.15. The Balaban J connectivity index is 2.45. The molecule has 0 aliphatic heterocycles. The first-order valence-electron chi connectivity index (χ1n) is 5.15. The minimum Gasteiger partial charge on any atom is -0.509 e. The highest BCUT2D eigenvalue weighted by molar-refractivity contribution is 5.82. The van der Waals surface area contributed by atoms with E-state index in [0.29, 0.717) is 0 Å². The zero-order chi connectivity index (χ0) is 12.5. The summed E-state index contributed by atoms with van der Waals surface area (Å²) >= 11 is 0. The Kier molecular flexibility index (Phi) is 2.73. The van der Waals surface area contributed by atoms with Crippen LogP contribution in [-0.2, 0) is 4.79 Å². The van der Waals surface area contributed by atoms with E-state index in [2.05, 4.69) is 0 Å². The number of hydrogen-bond acceptors (Lipinski definition) is 3. The van der Waals surface area contributed by atoms with Gasteiger partial charge < -0.3 is 15.3 Å². The van der Waals surface area contributed by atoms with Crippen molar-refractivity contribution in [2.75, 3.05) is 0 Å². The van der Waals surface area contributed by atoms with E-state index in [-0.39, 0.29) is 17.3 Å². The molecule has 17 heavy (non-hydrogen) atoms. The van der Waals surface area contributed by atoms with Gasteiger partial charge in [-0.1, -0.05) is 30.4 Å². The summed E-state index contributed by atoms with van der Waals surface area (Å²) < 4.78 is 0. The van der Waals surface area contributed by atoms with Gasteiger partial charge in [0.2, 0.25) is 0 Å². The maximum Gasteiger partial charge on any atom is 0.328 e. The number of aliphatic hydroxyl groups excluding tert-OH is 1. The summed E-state index contributed by atoms with van der Waals surface area (Å²) in [6.45, 7) is 0. The standard InChI is InChI=1S/C13H12O4/c14-11-6-3-7-13(11,17)10(8-12(15)16)9-4-1-2-5-9/h1-9,14,17H,(H,15,16). The lowest BCUT2D eigenvalue weighted by atomic mass is 9.84. The highest BCUT2D eigenvalue weighted by Crippen LogP contribution is 2.36. The summed E-state index contributed by atoms with van der Waals surface area (Å²) in [6, 6.07) is 0. The van der Waals surface area contributed by atoms with Crippen molar-refractivity contribution in [3.63, 3.8) is 0 Å². The average molecular weight is 232 g/mol. The third-order valence-electron chi connectivity index (χ3n) is 2.81. The second-order valence-electron chi connectivity index (χ2n) is 3.91. The highest BCUT2D eigenvalue weighted by atomic mass is 16.4. The quantitative estimate of drug-likeness (QED) is 0.644. The van der Waals surface area contributed by atoms with Crippen LogP contribution in [0.15, 0.2) is 59.9 Å². The zero-order valence-electron chi connectivity index (χ0n) is 8.95. The van der Waals surface area contributed by atoms with Crippen molar-refractivity contribution in [1.29, 1.82) is 0 Å². The molecule has 1 unspecified atom stereocenters. The fourth-order valence-electron chi connectivity index (χ4n) is 1.97. The molecule has 1 atom stereocenters. The van der Waals surface area contributed by atoms with E-state index in [0.717, 1.165) is 6.08 Å². The summed E-state index contributed by atoms with van der Waals surface area (Å²) in [5.41, 5.74) is -1.50. The summed E-state index contributed by atoms with van der Waals surface area (Å²) in [4.78, 5) is 10.8. The van der Waals surface area contributed by atoms with Crippen LogP contribution in [0.3, 0.4) is 0 Å². The minimum atomic E-state index is -1.72. The first-order chi connectivity index (χ1) is 8.04. The van der Waals surface area contributed by atoms with Gasteiger partial charge in [-0.05, 0) is 17.7 Å². The lowest BCUT2D eigenvalue weighted by Crippen LogP contribution is -2.33. The van der Waals surface area contributed by atoms with Gasteiger partial charge in [-0.2, -0.15) is 0 Å². The van der Waals surface area contributed by atoms with Gasteiger partial charge >= 0.3 is 5.97 Å². The minimum absolute atomic E-state index is 0.220. The zero-order valence-corrected chi connectivity index (χ0v) is 8.95. The Morgan fingerprint density at radius 1 is 1.29 bits per heavy atom. The van der Waals surface area contributed by atoms with Crippen molar-refractivity contribution < 1.29 is 20.1 Å². The highest BCUT2D eigenvalue weighted by Gasteiger charge is 2.39. The van der Waals surface area contributed by atoms with Crippen molar-refractivity contribution in [3.05, 3.63) is 59.9 Å². The van der Waals surface area contributed by atoms with Crippen LogP contribution in [-0.4, -0.2) is 26.9 Å². The van der Waals surface area contributed by atoms with E-state index in [1.807, 2.05) is 0 Å². The molecule has 2 rings (SSSR count). The maximum absolute atomic E-state index is 10.8. The van der Waals surface area contributed by atoms with E-state index in [1.54, 1.807) is 24.3 Å². The Morgan fingerprint density at radius 3 is 2.41 bits per heavy atom. The SMILES string of the molecule is O=C(O)C=C(C1C=CC=C1)C1(O)C=CC=C1O. The van der Waals surface area contributed by atoms with Crippen molar-refractivity contribution in [2.45, 2.75) is 5.60 Å². The molecule has 0 radical (unpaired) electrons. The second kappa shape index (κ2) is 4.07. The van der Waals surface area contributed by atoms with Gasteiger partial charge in [0, 0.05) is 12.0 Å². The Labute approximate surface area is 98.2 Å².